The van der Waals surface area contributed by atoms with Gasteiger partial charge in [0.15, 0.2) is 0 Å². The van der Waals surface area contributed by atoms with Crippen LogP contribution in [0.3, 0.4) is 0 Å². The lowest BCUT2D eigenvalue weighted by molar-refractivity contribution is 0.0583. The maximum atomic E-state index is 12.5. The van der Waals surface area contributed by atoms with Crippen LogP contribution < -0.4 is 5.73 Å². The number of hydrogen-bond donors (Lipinski definition) is 1. The molecule has 1 atom stereocenters. The molecule has 4 heteroatoms. The number of hydrogen-bond acceptors (Lipinski definition) is 2. The van der Waals surface area contributed by atoms with Crippen LogP contribution in [0, 0.1) is 0 Å². The molecule has 0 saturated carbocycles. The average molecular weight is 255 g/mol. The predicted molar refractivity (Wildman–Crippen MR) is 73.6 cm³/mol. The van der Waals surface area contributed by atoms with E-state index in [0.29, 0.717) is 13.1 Å². The Bertz CT molecular complexity index is 576. The lowest BCUT2D eigenvalue weighted by Crippen LogP contribution is -2.50. The van der Waals surface area contributed by atoms with Crippen molar-refractivity contribution in [3.63, 3.8) is 0 Å². The van der Waals surface area contributed by atoms with Crippen molar-refractivity contribution in [2.75, 3.05) is 6.54 Å². The van der Waals surface area contributed by atoms with Gasteiger partial charge in [0.25, 0.3) is 5.91 Å². The maximum absolute atomic E-state index is 12.5. The molecule has 1 aliphatic heterocycles. The summed E-state index contributed by atoms with van der Waals surface area (Å²) in [5.41, 5.74) is 7.71. The van der Waals surface area contributed by atoms with Crippen molar-refractivity contribution in [3.05, 3.63) is 59.9 Å². The molecule has 1 aliphatic rings. The normalized spacial score (nSPS) is 18.5. The minimum Gasteiger partial charge on any atom is -0.341 e. The average Bonchev–Trinajstić information content (AvgIpc) is 2.91. The van der Waals surface area contributed by atoms with Crippen molar-refractivity contribution < 1.29 is 4.79 Å². The summed E-state index contributed by atoms with van der Waals surface area (Å²) in [5.74, 6) is 0.0653. The zero-order valence-electron chi connectivity index (χ0n) is 10.7. The molecule has 0 unspecified atom stereocenters. The molecule has 0 bridgehead atoms. The molecule has 98 valence electrons. The van der Waals surface area contributed by atoms with Gasteiger partial charge in [-0.2, -0.15) is 0 Å². The zero-order valence-corrected chi connectivity index (χ0v) is 10.7. The standard InChI is InChI=1S/C15H17N3O/c16-9-13-11-17-8-4-7-14(17)15(19)18(13)10-12-5-2-1-3-6-12/h1-8,13H,9-11,16H2/t13-/m1/s1. The number of amides is 1. The number of nitrogens with two attached hydrogens (primary N) is 1. The highest BCUT2D eigenvalue weighted by Crippen LogP contribution is 2.20. The Labute approximate surface area is 112 Å². The van der Waals surface area contributed by atoms with Crippen LogP contribution in [0.4, 0.5) is 0 Å². The first-order valence-corrected chi connectivity index (χ1v) is 6.49. The number of nitrogens with zero attached hydrogens (tertiary/aromatic N) is 2. The minimum absolute atomic E-state index is 0.0626. The van der Waals surface area contributed by atoms with E-state index in [1.165, 1.54) is 0 Å². The number of fused-ring (bicyclic) bond motifs is 1. The van der Waals surface area contributed by atoms with Gasteiger partial charge in [-0.05, 0) is 17.7 Å². The van der Waals surface area contributed by atoms with E-state index < -0.39 is 0 Å². The topological polar surface area (TPSA) is 51.3 Å². The second kappa shape index (κ2) is 4.90. The Morgan fingerprint density at radius 2 is 1.95 bits per heavy atom. The molecule has 19 heavy (non-hydrogen) atoms. The van der Waals surface area contributed by atoms with Gasteiger partial charge in [-0.25, -0.2) is 0 Å². The molecule has 1 aromatic carbocycles. The summed E-state index contributed by atoms with van der Waals surface area (Å²) in [5, 5.41) is 0. The largest absolute Gasteiger partial charge is 0.341 e. The number of carbonyl (C=O) groups excluding carboxylic acids is 1. The first-order chi connectivity index (χ1) is 9.29. The van der Waals surface area contributed by atoms with Gasteiger partial charge >= 0.3 is 0 Å². The molecular weight excluding hydrogens is 238 g/mol. The van der Waals surface area contributed by atoms with Crippen LogP contribution in [0.25, 0.3) is 0 Å². The molecule has 3 rings (SSSR count). The third kappa shape index (κ3) is 2.15. The van der Waals surface area contributed by atoms with Crippen LogP contribution in [-0.4, -0.2) is 28.0 Å². The molecule has 0 fully saturated rings. The summed E-state index contributed by atoms with van der Waals surface area (Å²) in [6.45, 7) is 1.88. The van der Waals surface area contributed by atoms with Crippen molar-refractivity contribution >= 4 is 5.91 Å². The summed E-state index contributed by atoms with van der Waals surface area (Å²) in [6.07, 6.45) is 1.94. The molecule has 2 heterocycles. The highest BCUT2D eigenvalue weighted by Gasteiger charge is 2.31. The van der Waals surface area contributed by atoms with E-state index in [9.17, 15) is 4.79 Å². The van der Waals surface area contributed by atoms with Gasteiger partial charge in [-0.15, -0.1) is 0 Å². The summed E-state index contributed by atoms with van der Waals surface area (Å²) in [6, 6.07) is 13.9. The molecule has 0 aliphatic carbocycles. The Morgan fingerprint density at radius 1 is 1.16 bits per heavy atom. The van der Waals surface area contributed by atoms with Crippen LogP contribution >= 0.6 is 0 Å². The Balaban J connectivity index is 1.89. The Morgan fingerprint density at radius 3 is 2.68 bits per heavy atom. The first-order valence-electron chi connectivity index (χ1n) is 6.49. The van der Waals surface area contributed by atoms with Crippen molar-refractivity contribution in [1.82, 2.24) is 9.47 Å². The monoisotopic (exact) mass is 255 g/mol. The second-order valence-electron chi connectivity index (χ2n) is 4.85. The zero-order chi connectivity index (χ0) is 13.2. The quantitative estimate of drug-likeness (QED) is 0.903. The van der Waals surface area contributed by atoms with Gasteiger partial charge in [0.2, 0.25) is 0 Å². The van der Waals surface area contributed by atoms with E-state index >= 15 is 0 Å². The number of carbonyl (C=O) groups is 1. The van der Waals surface area contributed by atoms with Gasteiger partial charge < -0.3 is 15.2 Å². The van der Waals surface area contributed by atoms with Crippen LogP contribution in [0.2, 0.25) is 0 Å². The fourth-order valence-corrected chi connectivity index (χ4v) is 2.59. The summed E-state index contributed by atoms with van der Waals surface area (Å²) < 4.78 is 1.99. The van der Waals surface area contributed by atoms with Gasteiger partial charge in [-0.3, -0.25) is 4.79 Å². The highest BCUT2D eigenvalue weighted by atomic mass is 16.2. The lowest BCUT2D eigenvalue weighted by Gasteiger charge is -2.36. The molecule has 4 nitrogen and oxygen atoms in total. The van der Waals surface area contributed by atoms with E-state index in [2.05, 4.69) is 0 Å². The second-order valence-corrected chi connectivity index (χ2v) is 4.85. The van der Waals surface area contributed by atoms with Crippen molar-refractivity contribution in [3.8, 4) is 0 Å². The summed E-state index contributed by atoms with van der Waals surface area (Å²) in [7, 11) is 0. The number of aromatic nitrogens is 1. The highest BCUT2D eigenvalue weighted by molar-refractivity contribution is 5.93. The Hall–Kier alpha value is -2.07. The van der Waals surface area contributed by atoms with E-state index in [-0.39, 0.29) is 11.9 Å². The van der Waals surface area contributed by atoms with Crippen LogP contribution in [-0.2, 0) is 13.1 Å². The van der Waals surface area contributed by atoms with Gasteiger partial charge in [0.05, 0.1) is 6.04 Å². The van der Waals surface area contributed by atoms with E-state index in [1.54, 1.807) is 0 Å². The summed E-state index contributed by atoms with van der Waals surface area (Å²) >= 11 is 0. The smallest absolute Gasteiger partial charge is 0.271 e. The third-order valence-electron chi connectivity index (χ3n) is 3.63. The first kappa shape index (κ1) is 12.0. The number of rotatable bonds is 3. The fraction of sp³-hybridized carbons (Fsp3) is 0.267. The maximum Gasteiger partial charge on any atom is 0.271 e. The van der Waals surface area contributed by atoms with E-state index in [1.807, 2.05) is 58.1 Å². The molecule has 2 aromatic rings. The van der Waals surface area contributed by atoms with Gasteiger partial charge in [0, 0.05) is 25.8 Å². The van der Waals surface area contributed by atoms with E-state index in [0.717, 1.165) is 17.8 Å². The number of benzene rings is 1. The molecule has 0 spiro atoms. The van der Waals surface area contributed by atoms with Crippen molar-refractivity contribution in [2.45, 2.75) is 19.1 Å². The van der Waals surface area contributed by atoms with Crippen LogP contribution in [0.15, 0.2) is 48.7 Å². The third-order valence-corrected chi connectivity index (χ3v) is 3.63. The molecule has 1 aromatic heterocycles. The molecule has 0 radical (unpaired) electrons. The summed E-state index contributed by atoms with van der Waals surface area (Å²) in [4.78, 5) is 14.4. The van der Waals surface area contributed by atoms with E-state index in [4.69, 9.17) is 5.73 Å². The molecule has 1 amide bonds. The van der Waals surface area contributed by atoms with Crippen LogP contribution in [0.1, 0.15) is 16.1 Å². The van der Waals surface area contributed by atoms with Crippen LogP contribution in [0.5, 0.6) is 0 Å². The van der Waals surface area contributed by atoms with Crippen molar-refractivity contribution in [2.24, 2.45) is 5.73 Å². The van der Waals surface area contributed by atoms with Crippen molar-refractivity contribution in [1.29, 1.82) is 0 Å². The SMILES string of the molecule is NC[C@@H]1Cn2cccc2C(=O)N1Cc1ccccc1. The molecule has 0 saturated heterocycles. The van der Waals surface area contributed by atoms with Gasteiger partial charge in [0.1, 0.15) is 5.69 Å². The minimum atomic E-state index is 0.0626. The predicted octanol–water partition coefficient (Wildman–Crippen LogP) is 1.47. The lowest BCUT2D eigenvalue weighted by atomic mass is 10.1. The van der Waals surface area contributed by atoms with Gasteiger partial charge in [-0.1, -0.05) is 30.3 Å². The molecular formula is C15H17N3O. The Kier molecular flexibility index (Phi) is 3.09. The molecule has 2 N–H and O–H groups in total. The fourth-order valence-electron chi connectivity index (χ4n) is 2.59.